The third-order valence-corrected chi connectivity index (χ3v) is 3.94. The summed E-state index contributed by atoms with van der Waals surface area (Å²) in [5, 5.41) is 14.1. The minimum atomic E-state index is -0.222. The van der Waals surface area contributed by atoms with Crippen molar-refractivity contribution in [2.45, 2.75) is 6.61 Å². The van der Waals surface area contributed by atoms with Crippen LogP contribution in [0.1, 0.15) is 5.56 Å². The fourth-order valence-corrected chi connectivity index (χ4v) is 2.65. The van der Waals surface area contributed by atoms with Crippen LogP contribution >= 0.6 is 0 Å². The Morgan fingerprint density at radius 1 is 0.960 bits per heavy atom. The van der Waals surface area contributed by atoms with Crippen LogP contribution in [0.3, 0.4) is 0 Å². The minimum Gasteiger partial charge on any atom is -0.497 e. The Labute approximate surface area is 145 Å². The van der Waals surface area contributed by atoms with Crippen LogP contribution in [-0.4, -0.2) is 31.6 Å². The van der Waals surface area contributed by atoms with Gasteiger partial charge in [0.15, 0.2) is 5.76 Å². The number of aliphatic hydroxyl groups is 1. The molecule has 0 unspecified atom stereocenters. The molecule has 0 aliphatic carbocycles. The SMILES string of the molecule is COc1cccc(-c2onc(-c3ccc(OC)cc3OC)c2CO)c1. The largest absolute Gasteiger partial charge is 0.497 e. The molecule has 3 rings (SSSR count). The molecule has 0 radical (unpaired) electrons. The van der Waals surface area contributed by atoms with Crippen LogP contribution in [-0.2, 0) is 6.61 Å². The van der Waals surface area contributed by atoms with Crippen molar-refractivity contribution in [1.82, 2.24) is 5.16 Å². The first-order chi connectivity index (χ1) is 12.2. The second-order valence-corrected chi connectivity index (χ2v) is 5.30. The van der Waals surface area contributed by atoms with Gasteiger partial charge in [-0.1, -0.05) is 17.3 Å². The maximum Gasteiger partial charge on any atom is 0.173 e. The fourth-order valence-electron chi connectivity index (χ4n) is 2.65. The van der Waals surface area contributed by atoms with E-state index in [0.717, 1.165) is 5.56 Å². The van der Waals surface area contributed by atoms with Gasteiger partial charge in [0, 0.05) is 17.2 Å². The molecule has 0 aliphatic rings. The molecular weight excluding hydrogens is 322 g/mol. The fraction of sp³-hybridized carbons (Fsp3) is 0.211. The zero-order valence-electron chi connectivity index (χ0n) is 14.3. The summed E-state index contributed by atoms with van der Waals surface area (Å²) in [6.45, 7) is -0.222. The Morgan fingerprint density at radius 2 is 1.72 bits per heavy atom. The van der Waals surface area contributed by atoms with E-state index in [-0.39, 0.29) is 6.61 Å². The molecule has 3 aromatic rings. The molecule has 1 N–H and O–H groups in total. The number of ether oxygens (including phenoxy) is 3. The van der Waals surface area contributed by atoms with Gasteiger partial charge in [-0.3, -0.25) is 0 Å². The lowest BCUT2D eigenvalue weighted by Crippen LogP contribution is -1.94. The van der Waals surface area contributed by atoms with Crippen molar-refractivity contribution >= 4 is 0 Å². The lowest BCUT2D eigenvalue weighted by molar-refractivity contribution is 0.281. The predicted octanol–water partition coefficient (Wildman–Crippen LogP) is 3.53. The zero-order valence-corrected chi connectivity index (χ0v) is 14.3. The number of hydrogen-bond acceptors (Lipinski definition) is 6. The summed E-state index contributed by atoms with van der Waals surface area (Å²) in [7, 11) is 4.75. The van der Waals surface area contributed by atoms with Gasteiger partial charge in [-0.15, -0.1) is 0 Å². The molecule has 0 aliphatic heterocycles. The van der Waals surface area contributed by atoms with Crippen LogP contribution in [0.15, 0.2) is 47.0 Å². The summed E-state index contributed by atoms with van der Waals surface area (Å²) in [5.41, 5.74) is 2.59. The highest BCUT2D eigenvalue weighted by molar-refractivity contribution is 5.77. The summed E-state index contributed by atoms with van der Waals surface area (Å²) < 4.78 is 21.4. The average Bonchev–Trinajstić information content (AvgIpc) is 3.11. The van der Waals surface area contributed by atoms with Crippen LogP contribution in [0.25, 0.3) is 22.6 Å². The second kappa shape index (κ2) is 7.27. The van der Waals surface area contributed by atoms with Gasteiger partial charge in [0.25, 0.3) is 0 Å². The average molecular weight is 341 g/mol. The first-order valence-electron chi connectivity index (χ1n) is 7.68. The number of benzene rings is 2. The van der Waals surface area contributed by atoms with Crippen LogP contribution < -0.4 is 14.2 Å². The highest BCUT2D eigenvalue weighted by Crippen LogP contribution is 2.38. The number of rotatable bonds is 6. The van der Waals surface area contributed by atoms with Crippen molar-refractivity contribution < 1.29 is 23.8 Å². The number of aliphatic hydroxyl groups excluding tert-OH is 1. The topological polar surface area (TPSA) is 74.0 Å². The third-order valence-electron chi connectivity index (χ3n) is 3.94. The Morgan fingerprint density at radius 3 is 2.40 bits per heavy atom. The van der Waals surface area contributed by atoms with Crippen LogP contribution in [0.4, 0.5) is 0 Å². The van der Waals surface area contributed by atoms with Crippen molar-refractivity contribution in [3.63, 3.8) is 0 Å². The Hall–Kier alpha value is -2.99. The van der Waals surface area contributed by atoms with Gasteiger partial charge in [0.05, 0.1) is 33.5 Å². The highest BCUT2D eigenvalue weighted by Gasteiger charge is 2.21. The van der Waals surface area contributed by atoms with E-state index in [1.165, 1.54) is 0 Å². The maximum atomic E-state index is 9.90. The predicted molar refractivity (Wildman–Crippen MR) is 93.0 cm³/mol. The molecule has 0 bridgehead atoms. The van der Waals surface area contributed by atoms with E-state index in [9.17, 15) is 5.11 Å². The first kappa shape index (κ1) is 16.9. The molecule has 130 valence electrons. The molecule has 25 heavy (non-hydrogen) atoms. The van der Waals surface area contributed by atoms with Crippen molar-refractivity contribution in [2.75, 3.05) is 21.3 Å². The molecule has 0 fully saturated rings. The van der Waals surface area contributed by atoms with Crippen molar-refractivity contribution in [1.29, 1.82) is 0 Å². The lowest BCUT2D eigenvalue weighted by Gasteiger charge is -2.09. The number of nitrogens with zero attached hydrogens (tertiary/aromatic N) is 1. The first-order valence-corrected chi connectivity index (χ1v) is 7.68. The van der Waals surface area contributed by atoms with E-state index in [1.54, 1.807) is 33.5 Å². The van der Waals surface area contributed by atoms with E-state index in [4.69, 9.17) is 18.7 Å². The smallest absolute Gasteiger partial charge is 0.173 e. The summed E-state index contributed by atoms with van der Waals surface area (Å²) in [5.74, 6) is 2.44. The standard InChI is InChI=1S/C19H19NO5/c1-22-13-6-4-5-12(9-13)19-16(11-21)18(20-25-19)15-8-7-14(23-2)10-17(15)24-3/h4-10,21H,11H2,1-3H3. The summed E-state index contributed by atoms with van der Waals surface area (Å²) in [4.78, 5) is 0. The zero-order chi connectivity index (χ0) is 17.8. The monoisotopic (exact) mass is 341 g/mol. The molecule has 6 nitrogen and oxygen atoms in total. The van der Waals surface area contributed by atoms with Crippen molar-refractivity contribution in [2.24, 2.45) is 0 Å². The third kappa shape index (κ3) is 3.16. The van der Waals surface area contributed by atoms with E-state index in [2.05, 4.69) is 5.16 Å². The van der Waals surface area contributed by atoms with E-state index >= 15 is 0 Å². The van der Waals surface area contributed by atoms with Gasteiger partial charge in [0.1, 0.15) is 22.9 Å². The molecular formula is C19H19NO5. The Kier molecular flexibility index (Phi) is 4.90. The quantitative estimate of drug-likeness (QED) is 0.739. The highest BCUT2D eigenvalue weighted by atomic mass is 16.5. The van der Waals surface area contributed by atoms with Gasteiger partial charge < -0.3 is 23.8 Å². The summed E-state index contributed by atoms with van der Waals surface area (Å²) in [6.07, 6.45) is 0. The van der Waals surface area contributed by atoms with Gasteiger partial charge in [0.2, 0.25) is 0 Å². The molecule has 0 atom stereocenters. The molecule has 6 heteroatoms. The second-order valence-electron chi connectivity index (χ2n) is 5.30. The molecule has 1 heterocycles. The summed E-state index contributed by atoms with van der Waals surface area (Å²) in [6, 6.07) is 12.8. The van der Waals surface area contributed by atoms with Crippen LogP contribution in [0.2, 0.25) is 0 Å². The van der Waals surface area contributed by atoms with Crippen molar-refractivity contribution in [3.05, 3.63) is 48.0 Å². The van der Waals surface area contributed by atoms with Crippen LogP contribution in [0.5, 0.6) is 17.2 Å². The normalized spacial score (nSPS) is 10.6. The maximum absolute atomic E-state index is 9.90. The molecule has 0 saturated heterocycles. The molecule has 1 aromatic heterocycles. The Balaban J connectivity index is 2.12. The molecule has 2 aromatic carbocycles. The lowest BCUT2D eigenvalue weighted by atomic mass is 10.0. The van der Waals surface area contributed by atoms with E-state index in [1.807, 2.05) is 30.3 Å². The van der Waals surface area contributed by atoms with Gasteiger partial charge in [-0.2, -0.15) is 0 Å². The number of aromatic nitrogens is 1. The molecule has 0 saturated carbocycles. The molecule has 0 spiro atoms. The molecule has 0 amide bonds. The van der Waals surface area contributed by atoms with E-state index in [0.29, 0.717) is 39.8 Å². The van der Waals surface area contributed by atoms with Crippen molar-refractivity contribution in [3.8, 4) is 39.8 Å². The number of methoxy groups -OCH3 is 3. The van der Waals surface area contributed by atoms with E-state index < -0.39 is 0 Å². The van der Waals surface area contributed by atoms with Gasteiger partial charge >= 0.3 is 0 Å². The van der Waals surface area contributed by atoms with Gasteiger partial charge in [-0.25, -0.2) is 0 Å². The summed E-state index contributed by atoms with van der Waals surface area (Å²) >= 11 is 0. The Bertz CT molecular complexity index is 872. The van der Waals surface area contributed by atoms with Crippen LogP contribution in [0, 0.1) is 0 Å². The minimum absolute atomic E-state index is 0.222. The number of hydrogen-bond donors (Lipinski definition) is 1. The van der Waals surface area contributed by atoms with Gasteiger partial charge in [-0.05, 0) is 24.3 Å².